The highest BCUT2D eigenvalue weighted by atomic mass is 32.2. The molecule has 7 heteroatoms. The van der Waals surface area contributed by atoms with Gasteiger partial charge >= 0.3 is 0 Å². The Morgan fingerprint density at radius 2 is 2.32 bits per heavy atom. The zero-order chi connectivity index (χ0) is 15.5. The molecule has 2 aliphatic rings. The molecule has 1 aliphatic carbocycles. The number of hydrazone groups is 1. The first kappa shape index (κ1) is 15.0. The molecule has 0 radical (unpaired) electrons. The van der Waals surface area contributed by atoms with E-state index in [1.807, 2.05) is 6.92 Å². The van der Waals surface area contributed by atoms with Crippen molar-refractivity contribution in [1.82, 2.24) is 10.7 Å². The predicted molar refractivity (Wildman–Crippen MR) is 86.0 cm³/mol. The molecular formula is C15H19N3O3S. The van der Waals surface area contributed by atoms with Gasteiger partial charge in [0.1, 0.15) is 5.42 Å². The van der Waals surface area contributed by atoms with Crippen molar-refractivity contribution in [3.05, 3.63) is 23.0 Å². The van der Waals surface area contributed by atoms with Crippen LogP contribution in [0.25, 0.3) is 12.5 Å². The molecule has 1 amide bonds. The van der Waals surface area contributed by atoms with Crippen LogP contribution in [0, 0.1) is 0 Å². The highest BCUT2D eigenvalue weighted by Crippen LogP contribution is 2.21. The fraction of sp³-hybridized carbons (Fsp3) is 0.467. The lowest BCUT2D eigenvalue weighted by atomic mass is 10.2. The van der Waals surface area contributed by atoms with Gasteiger partial charge in [0.05, 0.1) is 16.7 Å². The van der Waals surface area contributed by atoms with Crippen molar-refractivity contribution in [2.45, 2.75) is 43.9 Å². The number of rotatable bonds is 3. The van der Waals surface area contributed by atoms with Gasteiger partial charge in [-0.1, -0.05) is 31.2 Å². The number of ether oxygens (including phenoxy) is 1. The number of furan rings is 1. The van der Waals surface area contributed by atoms with Gasteiger partial charge < -0.3 is 14.5 Å². The van der Waals surface area contributed by atoms with Crippen molar-refractivity contribution in [2.24, 2.45) is 5.10 Å². The van der Waals surface area contributed by atoms with Crippen LogP contribution in [0.4, 0.5) is 0 Å². The summed E-state index contributed by atoms with van der Waals surface area (Å²) < 4.78 is 10.7. The molecule has 1 aliphatic heterocycles. The summed E-state index contributed by atoms with van der Waals surface area (Å²) in [5.74, 6) is 0.502. The van der Waals surface area contributed by atoms with Crippen LogP contribution in [0.5, 0.6) is 0 Å². The number of hydrogen-bond acceptors (Lipinski definition) is 6. The number of amides is 1. The predicted octanol–water partition coefficient (Wildman–Crippen LogP) is 0.827. The van der Waals surface area contributed by atoms with Crippen molar-refractivity contribution in [3.63, 3.8) is 0 Å². The molecular weight excluding hydrogens is 302 g/mol. The summed E-state index contributed by atoms with van der Waals surface area (Å²) in [6, 6.07) is 2.08. The average molecular weight is 321 g/mol. The third kappa shape index (κ3) is 3.30. The number of nitrogens with one attached hydrogen (secondary N) is 2. The molecule has 1 aromatic heterocycles. The lowest BCUT2D eigenvalue weighted by Crippen LogP contribution is -2.38. The van der Waals surface area contributed by atoms with E-state index in [-0.39, 0.29) is 11.2 Å². The Morgan fingerprint density at radius 3 is 3.00 bits per heavy atom. The molecule has 22 heavy (non-hydrogen) atoms. The Balaban J connectivity index is 1.57. The van der Waals surface area contributed by atoms with Gasteiger partial charge in [-0.25, -0.2) is 5.43 Å². The summed E-state index contributed by atoms with van der Waals surface area (Å²) >= 11 is 1.29. The highest BCUT2D eigenvalue weighted by Gasteiger charge is 2.25. The monoisotopic (exact) mass is 321 g/mol. The van der Waals surface area contributed by atoms with Crippen molar-refractivity contribution in [3.8, 4) is 0 Å². The van der Waals surface area contributed by atoms with Gasteiger partial charge in [-0.2, -0.15) is 0 Å². The van der Waals surface area contributed by atoms with Crippen LogP contribution in [0.3, 0.4) is 0 Å². The number of nitrogens with zero attached hydrogens (tertiary/aromatic N) is 1. The van der Waals surface area contributed by atoms with E-state index in [0.29, 0.717) is 22.6 Å². The van der Waals surface area contributed by atoms with E-state index in [2.05, 4.69) is 22.4 Å². The second-order valence-corrected chi connectivity index (χ2v) is 6.72. The second kappa shape index (κ2) is 6.48. The van der Waals surface area contributed by atoms with Gasteiger partial charge in [0.2, 0.25) is 11.8 Å². The van der Waals surface area contributed by atoms with E-state index in [1.54, 1.807) is 12.3 Å². The minimum Gasteiger partial charge on any atom is -0.465 e. The van der Waals surface area contributed by atoms with E-state index < -0.39 is 0 Å². The van der Waals surface area contributed by atoms with E-state index in [9.17, 15) is 4.79 Å². The first-order valence-electron chi connectivity index (χ1n) is 7.39. The van der Waals surface area contributed by atoms with Gasteiger partial charge in [-0.15, -0.1) is 5.10 Å². The maximum absolute atomic E-state index is 12.2. The zero-order valence-corrected chi connectivity index (χ0v) is 13.2. The Kier molecular flexibility index (Phi) is 4.42. The topological polar surface area (TPSA) is 75.9 Å². The second-order valence-electron chi connectivity index (χ2n) is 5.43. The van der Waals surface area contributed by atoms with Gasteiger partial charge in [-0.05, 0) is 25.8 Å². The zero-order valence-electron chi connectivity index (χ0n) is 12.4. The third-order valence-corrected chi connectivity index (χ3v) is 4.72. The van der Waals surface area contributed by atoms with Crippen molar-refractivity contribution >= 4 is 35.4 Å². The Bertz CT molecular complexity index is 691. The van der Waals surface area contributed by atoms with Gasteiger partial charge in [0.15, 0.2) is 0 Å². The Hall–Kier alpha value is -1.89. The van der Waals surface area contributed by atoms with E-state index >= 15 is 0 Å². The summed E-state index contributed by atoms with van der Waals surface area (Å²) in [6.07, 6.45) is 6.09. The summed E-state index contributed by atoms with van der Waals surface area (Å²) in [6.45, 7) is 5.62. The van der Waals surface area contributed by atoms with Gasteiger partial charge in [-0.3, -0.25) is 4.79 Å². The Labute approximate surface area is 132 Å². The Morgan fingerprint density at radius 1 is 1.55 bits per heavy atom. The molecule has 0 bridgehead atoms. The molecule has 1 saturated carbocycles. The first-order chi connectivity index (χ1) is 10.6. The number of thioether (sulfide) groups is 1. The van der Waals surface area contributed by atoms with Crippen LogP contribution in [-0.4, -0.2) is 22.4 Å². The molecule has 0 saturated heterocycles. The molecule has 2 N–H and O–H groups in total. The smallest absolute Gasteiger partial charge is 0.275 e. The number of hydrogen-bond donors (Lipinski definition) is 2. The third-order valence-electron chi connectivity index (χ3n) is 3.78. The molecule has 1 unspecified atom stereocenters. The maximum Gasteiger partial charge on any atom is 0.275 e. The minimum atomic E-state index is -0.260. The summed E-state index contributed by atoms with van der Waals surface area (Å²) in [4.78, 5) is 12.2. The van der Waals surface area contributed by atoms with Crippen LogP contribution in [-0.2, 0) is 9.53 Å². The molecule has 2 heterocycles. The van der Waals surface area contributed by atoms with E-state index in [0.717, 1.165) is 18.1 Å². The lowest BCUT2D eigenvalue weighted by Gasteiger charge is -2.15. The van der Waals surface area contributed by atoms with Crippen LogP contribution >= 0.6 is 11.8 Å². The van der Waals surface area contributed by atoms with E-state index in [1.165, 1.54) is 24.6 Å². The maximum atomic E-state index is 12.2. The fourth-order valence-corrected chi connectivity index (χ4v) is 3.24. The molecule has 6 nitrogen and oxygen atoms in total. The van der Waals surface area contributed by atoms with Crippen LogP contribution in [0.2, 0.25) is 0 Å². The number of carbonyl (C=O) groups excluding carboxylic acids is 1. The lowest BCUT2D eigenvalue weighted by molar-refractivity contribution is -0.120. The SMILES string of the molecule is C=c1occc1=C1NN=C(SC(C)C(=O)NC2CCCC2)O1. The highest BCUT2D eigenvalue weighted by molar-refractivity contribution is 8.14. The van der Waals surface area contributed by atoms with E-state index in [4.69, 9.17) is 9.15 Å². The summed E-state index contributed by atoms with van der Waals surface area (Å²) in [5, 5.41) is 8.05. The largest absolute Gasteiger partial charge is 0.465 e. The summed E-state index contributed by atoms with van der Waals surface area (Å²) in [5.41, 5.74) is 3.31. The molecule has 1 fully saturated rings. The van der Waals surface area contributed by atoms with Crippen LogP contribution in [0.15, 0.2) is 21.8 Å². The molecule has 1 aromatic rings. The van der Waals surface area contributed by atoms with Crippen molar-refractivity contribution in [2.75, 3.05) is 0 Å². The van der Waals surface area contributed by atoms with Crippen LogP contribution < -0.4 is 21.4 Å². The minimum absolute atomic E-state index is 0.0257. The standard InChI is InChI=1S/C15H19N3O3S/c1-9-12(7-8-20-9)14-17-18-15(21-14)22-10(2)13(19)16-11-5-3-4-6-11/h7-8,10-11,17H,1,3-6H2,2H3,(H,16,19). The van der Waals surface area contributed by atoms with Crippen LogP contribution in [0.1, 0.15) is 32.6 Å². The molecule has 1 atom stereocenters. The average Bonchev–Trinajstić information content (AvgIpc) is 3.20. The van der Waals surface area contributed by atoms with Gasteiger partial charge in [0.25, 0.3) is 5.23 Å². The fourth-order valence-electron chi connectivity index (χ4n) is 2.53. The van der Waals surface area contributed by atoms with Crippen molar-refractivity contribution < 1.29 is 13.9 Å². The molecule has 0 aromatic carbocycles. The molecule has 3 rings (SSSR count). The number of carbonyl (C=O) groups is 1. The first-order valence-corrected chi connectivity index (χ1v) is 8.27. The normalized spacial score (nSPS) is 22.0. The molecule has 118 valence electrons. The summed E-state index contributed by atoms with van der Waals surface area (Å²) in [7, 11) is 0. The van der Waals surface area contributed by atoms with Gasteiger partial charge in [0, 0.05) is 6.04 Å². The molecule has 0 spiro atoms. The van der Waals surface area contributed by atoms with Crippen molar-refractivity contribution in [1.29, 1.82) is 0 Å². The quantitative estimate of drug-likeness (QED) is 0.862.